The maximum atomic E-state index is 5.70. The molecule has 1 saturated carbocycles. The van der Waals surface area contributed by atoms with Crippen molar-refractivity contribution in [2.75, 3.05) is 6.54 Å². The Hall–Kier alpha value is -0.820. The van der Waals surface area contributed by atoms with Gasteiger partial charge in [-0.3, -0.25) is 0 Å². The first-order valence-electron chi connectivity index (χ1n) is 7.12. The molecule has 1 nitrogen and oxygen atoms in total. The maximum absolute atomic E-state index is 5.70. The van der Waals surface area contributed by atoms with E-state index in [1.54, 1.807) is 0 Å². The van der Waals surface area contributed by atoms with E-state index in [0.29, 0.717) is 0 Å². The third-order valence-corrected chi connectivity index (χ3v) is 3.67. The van der Waals surface area contributed by atoms with Crippen molar-refractivity contribution in [2.45, 2.75) is 46.0 Å². The second-order valence-electron chi connectivity index (χ2n) is 4.81. The summed E-state index contributed by atoms with van der Waals surface area (Å²) in [6.07, 6.45) is 6.69. The van der Waals surface area contributed by atoms with Crippen LogP contribution in [-0.2, 0) is 6.42 Å². The van der Waals surface area contributed by atoms with Crippen molar-refractivity contribution in [3.63, 3.8) is 0 Å². The fraction of sp³-hybridized carbons (Fsp3) is 0.625. The zero-order chi connectivity index (χ0) is 12.5. The normalized spacial score (nSPS) is 23.7. The van der Waals surface area contributed by atoms with Crippen molar-refractivity contribution in [1.82, 2.24) is 0 Å². The number of nitrogens with two attached hydrogens (primary N) is 1. The summed E-state index contributed by atoms with van der Waals surface area (Å²) in [5.41, 5.74) is 7.20. The molecule has 0 spiro atoms. The van der Waals surface area contributed by atoms with Gasteiger partial charge in [0.2, 0.25) is 0 Å². The van der Waals surface area contributed by atoms with Gasteiger partial charge >= 0.3 is 0 Å². The molecule has 17 heavy (non-hydrogen) atoms. The average molecular weight is 233 g/mol. The van der Waals surface area contributed by atoms with E-state index in [-0.39, 0.29) is 0 Å². The highest BCUT2D eigenvalue weighted by Crippen LogP contribution is 2.30. The van der Waals surface area contributed by atoms with Crippen LogP contribution in [0.3, 0.4) is 0 Å². The molecule has 0 bridgehead atoms. The summed E-state index contributed by atoms with van der Waals surface area (Å²) in [5.74, 6) is 1.70. The SMILES string of the molecule is CC.NCC1CCC(Cc2ccccc2)CC1. The van der Waals surface area contributed by atoms with Crippen molar-refractivity contribution in [2.24, 2.45) is 17.6 Å². The highest BCUT2D eigenvalue weighted by atomic mass is 14.5. The summed E-state index contributed by atoms with van der Waals surface area (Å²) < 4.78 is 0. The molecule has 0 atom stereocenters. The zero-order valence-electron chi connectivity index (χ0n) is 11.4. The summed E-state index contributed by atoms with van der Waals surface area (Å²) in [4.78, 5) is 0. The quantitative estimate of drug-likeness (QED) is 0.838. The zero-order valence-corrected chi connectivity index (χ0v) is 11.4. The fourth-order valence-corrected chi connectivity index (χ4v) is 2.62. The van der Waals surface area contributed by atoms with E-state index in [9.17, 15) is 0 Å². The molecule has 0 unspecified atom stereocenters. The molecule has 96 valence electrons. The van der Waals surface area contributed by atoms with Crippen molar-refractivity contribution < 1.29 is 0 Å². The molecule has 2 N–H and O–H groups in total. The molecule has 0 amide bonds. The second-order valence-corrected chi connectivity index (χ2v) is 4.81. The largest absolute Gasteiger partial charge is 0.330 e. The maximum Gasteiger partial charge on any atom is -0.00489 e. The van der Waals surface area contributed by atoms with E-state index in [2.05, 4.69) is 30.3 Å². The van der Waals surface area contributed by atoms with E-state index < -0.39 is 0 Å². The third kappa shape index (κ3) is 4.91. The van der Waals surface area contributed by atoms with Crippen LogP contribution >= 0.6 is 0 Å². The van der Waals surface area contributed by atoms with E-state index in [4.69, 9.17) is 5.73 Å². The van der Waals surface area contributed by atoms with Crippen LogP contribution in [0.15, 0.2) is 30.3 Å². The standard InChI is InChI=1S/C14H21N.C2H6/c15-11-14-8-6-13(7-9-14)10-12-4-2-1-3-5-12;1-2/h1-5,13-14H,6-11,15H2;1-2H3. The van der Waals surface area contributed by atoms with Gasteiger partial charge in [0, 0.05) is 0 Å². The van der Waals surface area contributed by atoms with E-state index in [0.717, 1.165) is 18.4 Å². The van der Waals surface area contributed by atoms with Gasteiger partial charge in [0.25, 0.3) is 0 Å². The van der Waals surface area contributed by atoms with Crippen LogP contribution in [-0.4, -0.2) is 6.54 Å². The van der Waals surface area contributed by atoms with Crippen molar-refractivity contribution in [1.29, 1.82) is 0 Å². The molecule has 1 fully saturated rings. The minimum absolute atomic E-state index is 0.803. The molecule has 0 heterocycles. The Morgan fingerprint density at radius 2 is 1.47 bits per heavy atom. The van der Waals surface area contributed by atoms with Crippen LogP contribution < -0.4 is 5.73 Å². The summed E-state index contributed by atoms with van der Waals surface area (Å²) in [7, 11) is 0. The fourth-order valence-electron chi connectivity index (χ4n) is 2.62. The summed E-state index contributed by atoms with van der Waals surface area (Å²) in [5, 5.41) is 0. The topological polar surface area (TPSA) is 26.0 Å². The van der Waals surface area contributed by atoms with E-state index in [1.807, 2.05) is 13.8 Å². The molecule has 1 aliphatic rings. The molecule has 1 aliphatic carbocycles. The minimum atomic E-state index is 0.803. The molecule has 1 heteroatoms. The van der Waals surface area contributed by atoms with Crippen LogP contribution in [0.5, 0.6) is 0 Å². The van der Waals surface area contributed by atoms with Gasteiger partial charge in [0.1, 0.15) is 0 Å². The van der Waals surface area contributed by atoms with Gasteiger partial charge in [-0.15, -0.1) is 0 Å². The monoisotopic (exact) mass is 233 g/mol. The van der Waals surface area contributed by atoms with E-state index >= 15 is 0 Å². The predicted molar refractivity (Wildman–Crippen MR) is 76.0 cm³/mol. The average Bonchev–Trinajstić information content (AvgIpc) is 2.43. The summed E-state index contributed by atoms with van der Waals surface area (Å²) >= 11 is 0. The van der Waals surface area contributed by atoms with Crippen LogP contribution in [0, 0.1) is 11.8 Å². The highest BCUT2D eigenvalue weighted by Gasteiger charge is 2.19. The lowest BCUT2D eigenvalue weighted by Gasteiger charge is -2.27. The Morgan fingerprint density at radius 1 is 0.941 bits per heavy atom. The van der Waals surface area contributed by atoms with Crippen LogP contribution in [0.25, 0.3) is 0 Å². The lowest BCUT2D eigenvalue weighted by atomic mass is 9.79. The third-order valence-electron chi connectivity index (χ3n) is 3.67. The molecule has 1 aromatic rings. The van der Waals surface area contributed by atoms with Gasteiger partial charge in [0.05, 0.1) is 0 Å². The first-order chi connectivity index (χ1) is 8.38. The van der Waals surface area contributed by atoms with Crippen molar-refractivity contribution >= 4 is 0 Å². The van der Waals surface area contributed by atoms with Gasteiger partial charge in [-0.05, 0) is 56.0 Å². The Kier molecular flexibility index (Phi) is 6.95. The first kappa shape index (κ1) is 14.2. The Bertz CT molecular complexity index is 273. The number of rotatable bonds is 3. The molecular weight excluding hydrogens is 206 g/mol. The molecule has 2 rings (SSSR count). The Morgan fingerprint density at radius 3 is 2.00 bits per heavy atom. The van der Waals surface area contributed by atoms with E-state index in [1.165, 1.54) is 37.7 Å². The number of hydrogen-bond acceptors (Lipinski definition) is 1. The first-order valence-corrected chi connectivity index (χ1v) is 7.12. The highest BCUT2D eigenvalue weighted by molar-refractivity contribution is 5.15. The van der Waals surface area contributed by atoms with Crippen LogP contribution in [0.2, 0.25) is 0 Å². The molecule has 0 aliphatic heterocycles. The van der Waals surface area contributed by atoms with Gasteiger partial charge in [-0.2, -0.15) is 0 Å². The van der Waals surface area contributed by atoms with Crippen LogP contribution in [0.4, 0.5) is 0 Å². The van der Waals surface area contributed by atoms with Crippen molar-refractivity contribution in [3.8, 4) is 0 Å². The number of benzene rings is 1. The van der Waals surface area contributed by atoms with Gasteiger partial charge in [0.15, 0.2) is 0 Å². The van der Waals surface area contributed by atoms with Crippen molar-refractivity contribution in [3.05, 3.63) is 35.9 Å². The Balaban J connectivity index is 0.000000686. The minimum Gasteiger partial charge on any atom is -0.330 e. The van der Waals surface area contributed by atoms with Gasteiger partial charge < -0.3 is 5.73 Å². The Labute approximate surface area is 106 Å². The molecule has 0 radical (unpaired) electrons. The molecule has 0 aromatic heterocycles. The predicted octanol–water partition coefficient (Wildman–Crippen LogP) is 4.02. The lowest BCUT2D eigenvalue weighted by molar-refractivity contribution is 0.278. The number of hydrogen-bond donors (Lipinski definition) is 1. The van der Waals surface area contributed by atoms with Gasteiger partial charge in [-0.1, -0.05) is 44.2 Å². The summed E-state index contributed by atoms with van der Waals surface area (Å²) in [6.45, 7) is 4.89. The smallest absolute Gasteiger partial charge is 0.00489 e. The molecule has 1 aromatic carbocycles. The lowest BCUT2D eigenvalue weighted by Crippen LogP contribution is -2.22. The second kappa shape index (κ2) is 8.30. The van der Waals surface area contributed by atoms with Crippen LogP contribution in [0.1, 0.15) is 45.1 Å². The molecular formula is C16H27N. The van der Waals surface area contributed by atoms with Gasteiger partial charge in [-0.25, -0.2) is 0 Å². The summed E-state index contributed by atoms with van der Waals surface area (Å²) in [6, 6.07) is 10.9. The molecule has 0 saturated heterocycles.